The maximum absolute atomic E-state index is 12.3. The zero-order valence-electron chi connectivity index (χ0n) is 13.5. The maximum atomic E-state index is 12.3. The third-order valence-corrected chi connectivity index (χ3v) is 5.01. The van der Waals surface area contributed by atoms with Crippen LogP contribution in [0.2, 0.25) is 5.02 Å². The lowest BCUT2D eigenvalue weighted by atomic mass is 10.2. The zero-order valence-corrected chi connectivity index (χ0v) is 15.1. The highest BCUT2D eigenvalue weighted by Gasteiger charge is 2.27. The number of nitro groups is 1. The van der Waals surface area contributed by atoms with E-state index in [1.807, 2.05) is 36.4 Å². The quantitative estimate of drug-likeness (QED) is 0.488. The van der Waals surface area contributed by atoms with Gasteiger partial charge in [0.2, 0.25) is 5.69 Å². The Balaban J connectivity index is 1.73. The summed E-state index contributed by atoms with van der Waals surface area (Å²) in [7, 11) is 0. The summed E-state index contributed by atoms with van der Waals surface area (Å²) in [6.45, 7) is 1.49. The molecule has 0 atom stereocenters. The average Bonchev–Trinajstić information content (AvgIpc) is 3.00. The molecule has 2 N–H and O–H groups in total. The number of aryl methyl sites for hydroxylation is 1. The van der Waals surface area contributed by atoms with Gasteiger partial charge in [-0.15, -0.1) is 0 Å². The van der Waals surface area contributed by atoms with E-state index in [0.29, 0.717) is 10.7 Å². The number of rotatable bonds is 5. The van der Waals surface area contributed by atoms with Crippen LogP contribution in [-0.2, 0) is 0 Å². The fourth-order valence-electron chi connectivity index (χ4n) is 2.26. The molecule has 2 aromatic carbocycles. The number of nitrogens with zero attached hydrogens (tertiary/aromatic N) is 2. The van der Waals surface area contributed by atoms with Gasteiger partial charge in [-0.05, 0) is 43.3 Å². The molecule has 0 aliphatic rings. The molecule has 0 spiro atoms. The molecule has 7 nitrogen and oxygen atoms in total. The van der Waals surface area contributed by atoms with Crippen molar-refractivity contribution in [2.24, 2.45) is 0 Å². The van der Waals surface area contributed by atoms with Gasteiger partial charge in [-0.2, -0.15) is 5.10 Å². The third-order valence-electron chi connectivity index (χ3n) is 3.49. The minimum absolute atomic E-state index is 0.228. The first-order valence-corrected chi connectivity index (χ1v) is 8.68. The van der Waals surface area contributed by atoms with E-state index in [1.165, 1.54) is 18.7 Å². The molecule has 0 unspecified atom stereocenters. The van der Waals surface area contributed by atoms with Crippen LogP contribution in [0.25, 0.3) is 0 Å². The van der Waals surface area contributed by atoms with Gasteiger partial charge >= 0.3 is 5.69 Å². The van der Waals surface area contributed by atoms with Crippen molar-refractivity contribution in [3.8, 4) is 0 Å². The molecule has 0 radical (unpaired) electrons. The van der Waals surface area contributed by atoms with Gasteiger partial charge in [0.1, 0.15) is 5.69 Å². The van der Waals surface area contributed by atoms with Crippen molar-refractivity contribution < 1.29 is 9.72 Å². The van der Waals surface area contributed by atoms with Crippen LogP contribution in [0.3, 0.4) is 0 Å². The van der Waals surface area contributed by atoms with Gasteiger partial charge in [-0.3, -0.25) is 20.0 Å². The van der Waals surface area contributed by atoms with Crippen molar-refractivity contribution in [1.82, 2.24) is 10.2 Å². The van der Waals surface area contributed by atoms with Crippen molar-refractivity contribution in [3.63, 3.8) is 0 Å². The Morgan fingerprint density at radius 2 is 1.92 bits per heavy atom. The molecule has 0 saturated heterocycles. The van der Waals surface area contributed by atoms with Crippen molar-refractivity contribution in [2.45, 2.75) is 16.7 Å². The Morgan fingerprint density at radius 3 is 2.58 bits per heavy atom. The van der Waals surface area contributed by atoms with Crippen molar-refractivity contribution in [2.75, 3.05) is 5.32 Å². The number of hydrogen-bond acceptors (Lipinski definition) is 5. The van der Waals surface area contributed by atoms with E-state index in [2.05, 4.69) is 15.5 Å². The van der Waals surface area contributed by atoms with E-state index in [9.17, 15) is 14.9 Å². The second kappa shape index (κ2) is 7.59. The summed E-state index contributed by atoms with van der Waals surface area (Å²) in [6.07, 6.45) is 0. The number of H-pyrrole nitrogens is 1. The first-order chi connectivity index (χ1) is 12.5. The van der Waals surface area contributed by atoms with Gasteiger partial charge in [0.25, 0.3) is 5.91 Å². The van der Waals surface area contributed by atoms with Crippen LogP contribution in [0, 0.1) is 17.0 Å². The molecular formula is C17H13ClN4O3S. The van der Waals surface area contributed by atoms with E-state index in [-0.39, 0.29) is 17.1 Å². The predicted molar refractivity (Wildman–Crippen MR) is 99.9 cm³/mol. The highest BCUT2D eigenvalue weighted by Crippen LogP contribution is 2.33. The molecule has 0 fully saturated rings. The number of carbonyl (C=O) groups is 1. The number of halogens is 1. The van der Waals surface area contributed by atoms with Crippen LogP contribution in [0.1, 0.15) is 16.2 Å². The Labute approximate surface area is 157 Å². The van der Waals surface area contributed by atoms with Crippen molar-refractivity contribution >= 4 is 40.6 Å². The number of amides is 1. The number of aromatic nitrogens is 2. The third kappa shape index (κ3) is 3.87. The molecule has 1 amide bonds. The second-order valence-corrected chi connectivity index (χ2v) is 6.84. The summed E-state index contributed by atoms with van der Waals surface area (Å²) >= 11 is 7.64. The lowest BCUT2D eigenvalue weighted by molar-refractivity contribution is -0.385. The lowest BCUT2D eigenvalue weighted by Crippen LogP contribution is -2.14. The summed E-state index contributed by atoms with van der Waals surface area (Å²) in [5.41, 5.74) is 0.163. The fourth-order valence-corrected chi connectivity index (χ4v) is 3.35. The standard InChI is InChI=1S/C17H13ClN4O3S/c1-10-16(22(24)25)15(21-20-10)17(23)19-11-6-8-12(9-7-11)26-14-5-3-2-4-13(14)18/h2-9H,1H3,(H,19,23)(H,20,21). The zero-order chi connectivity index (χ0) is 18.7. The van der Waals surface area contributed by atoms with Crippen LogP contribution in [-0.4, -0.2) is 21.0 Å². The van der Waals surface area contributed by atoms with Crippen LogP contribution >= 0.6 is 23.4 Å². The van der Waals surface area contributed by atoms with E-state index in [1.54, 1.807) is 12.1 Å². The number of anilines is 1. The summed E-state index contributed by atoms with van der Waals surface area (Å²) < 4.78 is 0. The number of carbonyl (C=O) groups excluding carboxylic acids is 1. The van der Waals surface area contributed by atoms with Gasteiger partial charge in [-0.25, -0.2) is 0 Å². The molecule has 0 aliphatic carbocycles. The number of nitrogens with one attached hydrogen (secondary N) is 2. The second-order valence-electron chi connectivity index (χ2n) is 5.31. The minimum Gasteiger partial charge on any atom is -0.320 e. The van der Waals surface area contributed by atoms with E-state index in [4.69, 9.17) is 11.6 Å². The fraction of sp³-hybridized carbons (Fsp3) is 0.0588. The molecule has 0 saturated carbocycles. The smallest absolute Gasteiger partial charge is 0.320 e. The first-order valence-electron chi connectivity index (χ1n) is 7.49. The molecule has 1 aromatic heterocycles. The maximum Gasteiger partial charge on any atom is 0.322 e. The minimum atomic E-state index is -0.646. The Bertz CT molecular complexity index is 972. The van der Waals surface area contributed by atoms with E-state index in [0.717, 1.165) is 9.79 Å². The topological polar surface area (TPSA) is 101 Å². The lowest BCUT2D eigenvalue weighted by Gasteiger charge is -2.06. The molecule has 0 aliphatic heterocycles. The van der Waals surface area contributed by atoms with E-state index < -0.39 is 10.8 Å². The SMILES string of the molecule is Cc1[nH]nc(C(=O)Nc2ccc(Sc3ccccc3Cl)cc2)c1[N+](=O)[O-]. The largest absolute Gasteiger partial charge is 0.322 e. The van der Waals surface area contributed by atoms with Gasteiger partial charge in [0, 0.05) is 15.5 Å². The molecule has 26 heavy (non-hydrogen) atoms. The average molecular weight is 389 g/mol. The normalized spacial score (nSPS) is 10.5. The van der Waals surface area contributed by atoms with Crippen LogP contribution in [0.4, 0.5) is 11.4 Å². The summed E-state index contributed by atoms with van der Waals surface area (Å²) in [4.78, 5) is 24.5. The van der Waals surface area contributed by atoms with Crippen LogP contribution < -0.4 is 5.32 Å². The Hall–Kier alpha value is -2.84. The molecular weight excluding hydrogens is 376 g/mol. The molecule has 0 bridgehead atoms. The summed E-state index contributed by atoms with van der Waals surface area (Å²) in [5, 5.41) is 20.5. The monoisotopic (exact) mass is 388 g/mol. The highest BCUT2D eigenvalue weighted by atomic mass is 35.5. The molecule has 3 aromatic rings. The van der Waals surface area contributed by atoms with Gasteiger partial charge in [0.05, 0.1) is 9.95 Å². The van der Waals surface area contributed by atoms with Crippen LogP contribution in [0.15, 0.2) is 58.3 Å². The Kier molecular flexibility index (Phi) is 5.24. The summed E-state index contributed by atoms with van der Waals surface area (Å²) in [5.74, 6) is -0.646. The van der Waals surface area contributed by atoms with Crippen molar-refractivity contribution in [3.05, 3.63) is 75.1 Å². The first kappa shape index (κ1) is 18.0. The molecule has 132 valence electrons. The number of benzene rings is 2. The predicted octanol–water partition coefficient (Wildman–Crippen LogP) is 4.68. The number of hydrogen-bond donors (Lipinski definition) is 2. The van der Waals surface area contributed by atoms with Gasteiger partial charge in [-0.1, -0.05) is 35.5 Å². The highest BCUT2D eigenvalue weighted by molar-refractivity contribution is 7.99. The van der Waals surface area contributed by atoms with E-state index >= 15 is 0 Å². The van der Waals surface area contributed by atoms with Gasteiger partial charge in [0.15, 0.2) is 0 Å². The molecule has 3 rings (SSSR count). The van der Waals surface area contributed by atoms with Crippen molar-refractivity contribution in [1.29, 1.82) is 0 Å². The van der Waals surface area contributed by atoms with Crippen LogP contribution in [0.5, 0.6) is 0 Å². The van der Waals surface area contributed by atoms with Gasteiger partial charge < -0.3 is 5.32 Å². The Morgan fingerprint density at radius 1 is 1.23 bits per heavy atom. The summed E-state index contributed by atoms with van der Waals surface area (Å²) in [6, 6.07) is 14.6. The molecule has 1 heterocycles. The number of aromatic amines is 1. The molecule has 9 heteroatoms.